The summed E-state index contributed by atoms with van der Waals surface area (Å²) in [6, 6.07) is 4.38. The monoisotopic (exact) mass is 250 g/mol. The standard InChI is InChI=1S/C9H5F3O3S/c10-9(11,12)16(13,14)7-1-2-8-6(5-7)3-4-15-8/h1-5H. The van der Waals surface area contributed by atoms with Crippen LogP contribution in [-0.4, -0.2) is 13.9 Å². The van der Waals surface area contributed by atoms with Crippen LogP contribution in [0.25, 0.3) is 11.0 Å². The van der Waals surface area contributed by atoms with Gasteiger partial charge >= 0.3 is 5.51 Å². The highest BCUT2D eigenvalue weighted by Crippen LogP contribution is 2.31. The molecule has 0 spiro atoms. The lowest BCUT2D eigenvalue weighted by molar-refractivity contribution is -0.0435. The maximum Gasteiger partial charge on any atom is 0.501 e. The van der Waals surface area contributed by atoms with Crippen molar-refractivity contribution in [2.45, 2.75) is 10.4 Å². The Morgan fingerprint density at radius 1 is 1.12 bits per heavy atom. The molecule has 0 radical (unpaired) electrons. The molecule has 1 aromatic carbocycles. The van der Waals surface area contributed by atoms with E-state index in [9.17, 15) is 21.6 Å². The molecule has 0 fully saturated rings. The molecule has 0 saturated heterocycles. The maximum absolute atomic E-state index is 12.2. The molecule has 0 amide bonds. The van der Waals surface area contributed by atoms with Gasteiger partial charge in [0.1, 0.15) is 5.58 Å². The lowest BCUT2D eigenvalue weighted by Gasteiger charge is -2.07. The predicted molar refractivity (Wildman–Crippen MR) is 49.5 cm³/mol. The highest BCUT2D eigenvalue weighted by Gasteiger charge is 2.46. The molecule has 1 aromatic heterocycles. The van der Waals surface area contributed by atoms with Crippen LogP contribution >= 0.6 is 0 Å². The maximum atomic E-state index is 12.2. The number of furan rings is 1. The summed E-state index contributed by atoms with van der Waals surface area (Å²) in [5.41, 5.74) is -4.95. The molecule has 0 saturated carbocycles. The summed E-state index contributed by atoms with van der Waals surface area (Å²) in [4.78, 5) is -0.783. The first kappa shape index (κ1) is 11.0. The molecule has 2 aromatic rings. The highest BCUT2D eigenvalue weighted by atomic mass is 32.2. The van der Waals surface area contributed by atoms with E-state index < -0.39 is 20.2 Å². The molecular formula is C9H5F3O3S. The smallest absolute Gasteiger partial charge is 0.464 e. The van der Waals surface area contributed by atoms with Gasteiger partial charge in [-0.1, -0.05) is 0 Å². The van der Waals surface area contributed by atoms with E-state index in [2.05, 4.69) is 0 Å². The van der Waals surface area contributed by atoms with Gasteiger partial charge in [-0.15, -0.1) is 0 Å². The second-order valence-corrected chi connectivity index (χ2v) is 5.01. The molecule has 3 nitrogen and oxygen atoms in total. The van der Waals surface area contributed by atoms with Gasteiger partial charge in [0.15, 0.2) is 0 Å². The Balaban J connectivity index is 2.64. The Morgan fingerprint density at radius 2 is 1.81 bits per heavy atom. The number of sulfone groups is 1. The second-order valence-electron chi connectivity index (χ2n) is 3.07. The number of benzene rings is 1. The number of halogens is 3. The summed E-state index contributed by atoms with van der Waals surface area (Å²) in [7, 11) is -5.29. The molecule has 0 atom stereocenters. The fraction of sp³-hybridized carbons (Fsp3) is 0.111. The molecule has 7 heteroatoms. The van der Waals surface area contributed by atoms with Crippen LogP contribution in [0.4, 0.5) is 13.2 Å². The molecule has 16 heavy (non-hydrogen) atoms. The zero-order valence-electron chi connectivity index (χ0n) is 7.65. The summed E-state index contributed by atoms with van der Waals surface area (Å²) >= 11 is 0. The van der Waals surface area contributed by atoms with Crippen molar-refractivity contribution in [3.05, 3.63) is 30.5 Å². The van der Waals surface area contributed by atoms with E-state index in [0.717, 1.165) is 12.1 Å². The fourth-order valence-electron chi connectivity index (χ4n) is 1.25. The number of alkyl halides is 3. The Morgan fingerprint density at radius 3 is 2.44 bits per heavy atom. The largest absolute Gasteiger partial charge is 0.501 e. The van der Waals surface area contributed by atoms with Gasteiger partial charge in [0, 0.05) is 5.39 Å². The Labute approximate surface area is 88.4 Å². The van der Waals surface area contributed by atoms with Crippen LogP contribution < -0.4 is 0 Å². The third kappa shape index (κ3) is 1.57. The number of rotatable bonds is 1. The minimum atomic E-state index is -5.29. The van der Waals surface area contributed by atoms with Gasteiger partial charge in [-0.3, -0.25) is 0 Å². The van der Waals surface area contributed by atoms with Crippen molar-refractivity contribution in [3.63, 3.8) is 0 Å². The van der Waals surface area contributed by atoms with Gasteiger partial charge in [0.05, 0.1) is 11.2 Å². The Bertz CT molecular complexity index is 625. The van der Waals surface area contributed by atoms with Crippen LogP contribution in [0.15, 0.2) is 39.8 Å². The summed E-state index contributed by atoms with van der Waals surface area (Å²) in [6.45, 7) is 0. The Kier molecular flexibility index (Phi) is 2.23. The average Bonchev–Trinajstić information content (AvgIpc) is 2.61. The van der Waals surface area contributed by atoms with Gasteiger partial charge < -0.3 is 4.42 Å². The van der Waals surface area contributed by atoms with Crippen molar-refractivity contribution in [2.75, 3.05) is 0 Å². The second kappa shape index (κ2) is 3.24. The molecule has 0 unspecified atom stereocenters. The van der Waals surface area contributed by atoms with Crippen molar-refractivity contribution >= 4 is 20.8 Å². The van der Waals surface area contributed by atoms with Crippen molar-refractivity contribution in [1.29, 1.82) is 0 Å². The predicted octanol–water partition coefficient (Wildman–Crippen LogP) is 2.73. The van der Waals surface area contributed by atoms with Gasteiger partial charge in [-0.05, 0) is 24.3 Å². The summed E-state index contributed by atoms with van der Waals surface area (Å²) in [5.74, 6) is 0. The van der Waals surface area contributed by atoms with E-state index in [4.69, 9.17) is 4.42 Å². The van der Waals surface area contributed by atoms with Gasteiger partial charge in [0.2, 0.25) is 0 Å². The van der Waals surface area contributed by atoms with Gasteiger partial charge in [-0.25, -0.2) is 8.42 Å². The summed E-state index contributed by atoms with van der Waals surface area (Å²) in [6.07, 6.45) is 1.27. The topological polar surface area (TPSA) is 47.3 Å². The van der Waals surface area contributed by atoms with E-state index in [-0.39, 0.29) is 0 Å². The number of hydrogen-bond acceptors (Lipinski definition) is 3. The normalized spacial score (nSPS) is 13.2. The highest BCUT2D eigenvalue weighted by molar-refractivity contribution is 7.92. The van der Waals surface area contributed by atoms with Crippen molar-refractivity contribution in [1.82, 2.24) is 0 Å². The van der Waals surface area contributed by atoms with E-state index in [0.29, 0.717) is 11.0 Å². The van der Waals surface area contributed by atoms with Crippen LogP contribution in [0, 0.1) is 0 Å². The molecule has 1 heterocycles. The molecule has 2 rings (SSSR count). The average molecular weight is 250 g/mol. The minimum absolute atomic E-state index is 0.310. The third-order valence-electron chi connectivity index (χ3n) is 2.04. The molecule has 0 aliphatic rings. The van der Waals surface area contributed by atoms with Crippen LogP contribution in [0.5, 0.6) is 0 Å². The molecular weight excluding hydrogens is 245 g/mol. The third-order valence-corrected chi connectivity index (χ3v) is 3.52. The SMILES string of the molecule is O=S(=O)(c1ccc2occc2c1)C(F)(F)F. The van der Waals surface area contributed by atoms with Crippen molar-refractivity contribution in [3.8, 4) is 0 Å². The lowest BCUT2D eigenvalue weighted by atomic mass is 10.3. The van der Waals surface area contributed by atoms with Gasteiger partial charge in [0.25, 0.3) is 9.84 Å². The number of fused-ring (bicyclic) bond motifs is 1. The first-order valence-corrected chi connectivity index (χ1v) is 5.59. The lowest BCUT2D eigenvalue weighted by Crippen LogP contribution is -2.23. The molecule has 86 valence electrons. The zero-order chi connectivity index (χ0) is 12.0. The van der Waals surface area contributed by atoms with Crippen molar-refractivity contribution in [2.24, 2.45) is 0 Å². The van der Waals surface area contributed by atoms with E-state index in [1.165, 1.54) is 18.4 Å². The van der Waals surface area contributed by atoms with Gasteiger partial charge in [-0.2, -0.15) is 13.2 Å². The van der Waals surface area contributed by atoms with E-state index >= 15 is 0 Å². The van der Waals surface area contributed by atoms with E-state index in [1.54, 1.807) is 0 Å². The van der Waals surface area contributed by atoms with Crippen molar-refractivity contribution < 1.29 is 26.0 Å². The first-order chi connectivity index (χ1) is 7.32. The molecule has 0 aliphatic heterocycles. The fourth-order valence-corrected chi connectivity index (χ4v) is 2.04. The summed E-state index contributed by atoms with van der Waals surface area (Å²) < 4.78 is 63.7. The van der Waals surface area contributed by atoms with Crippen LogP contribution in [0.2, 0.25) is 0 Å². The summed E-state index contributed by atoms with van der Waals surface area (Å²) in [5, 5.41) is 0.310. The van der Waals surface area contributed by atoms with Crippen LogP contribution in [0.3, 0.4) is 0 Å². The van der Waals surface area contributed by atoms with E-state index in [1.807, 2.05) is 0 Å². The zero-order valence-corrected chi connectivity index (χ0v) is 8.47. The number of hydrogen-bond donors (Lipinski definition) is 0. The molecule has 0 N–H and O–H groups in total. The Hall–Kier alpha value is -1.50. The minimum Gasteiger partial charge on any atom is -0.464 e. The van der Waals surface area contributed by atoms with Crippen LogP contribution in [-0.2, 0) is 9.84 Å². The molecule has 0 bridgehead atoms. The first-order valence-electron chi connectivity index (χ1n) is 4.11. The quantitative estimate of drug-likeness (QED) is 0.781. The molecule has 0 aliphatic carbocycles. The van der Waals surface area contributed by atoms with Crippen LogP contribution in [0.1, 0.15) is 0 Å².